The molecule has 1 nitrogen and oxygen atoms in total. The lowest BCUT2D eigenvalue weighted by Crippen LogP contribution is -2.14. The highest BCUT2D eigenvalue weighted by molar-refractivity contribution is 5.89. The molecule has 2 aliphatic rings. The van der Waals surface area contributed by atoms with E-state index in [1.807, 2.05) is 0 Å². The van der Waals surface area contributed by atoms with Gasteiger partial charge in [-0.25, -0.2) is 0 Å². The van der Waals surface area contributed by atoms with Crippen LogP contribution in [0.15, 0.2) is 4.99 Å². The average molecular weight is 137 g/mol. The minimum Gasteiger partial charge on any atom is -0.291 e. The van der Waals surface area contributed by atoms with Gasteiger partial charge in [-0.2, -0.15) is 0 Å². The van der Waals surface area contributed by atoms with Gasteiger partial charge in [0.1, 0.15) is 0 Å². The first-order valence-electron chi connectivity index (χ1n) is 4.43. The molecule has 1 aliphatic heterocycles. The first-order valence-corrected chi connectivity index (χ1v) is 4.43. The molecule has 1 heterocycles. The van der Waals surface area contributed by atoms with Gasteiger partial charge in [-0.05, 0) is 38.5 Å². The van der Waals surface area contributed by atoms with Crippen molar-refractivity contribution in [1.29, 1.82) is 0 Å². The van der Waals surface area contributed by atoms with E-state index in [9.17, 15) is 0 Å². The van der Waals surface area contributed by atoms with Gasteiger partial charge in [0.2, 0.25) is 0 Å². The fourth-order valence-corrected chi connectivity index (χ4v) is 2.24. The summed E-state index contributed by atoms with van der Waals surface area (Å²) in [4.78, 5) is 4.63. The van der Waals surface area contributed by atoms with Gasteiger partial charge in [0, 0.05) is 11.8 Å². The summed E-state index contributed by atoms with van der Waals surface area (Å²) in [5.41, 5.74) is 1.54. The summed E-state index contributed by atoms with van der Waals surface area (Å²) in [6.07, 6.45) is 6.89. The maximum Gasteiger partial charge on any atom is 0.0477 e. The highest BCUT2D eigenvalue weighted by atomic mass is 14.8. The molecule has 0 aromatic heterocycles. The number of hydrogen-bond acceptors (Lipinski definition) is 1. The predicted molar refractivity (Wildman–Crippen MR) is 43.5 cm³/mol. The molecule has 56 valence electrons. The molecule has 1 aliphatic carbocycles. The second-order valence-corrected chi connectivity index (χ2v) is 3.65. The van der Waals surface area contributed by atoms with E-state index in [4.69, 9.17) is 0 Å². The van der Waals surface area contributed by atoms with E-state index in [1.165, 1.54) is 32.1 Å². The number of rotatable bonds is 0. The molecular weight excluding hydrogens is 122 g/mol. The van der Waals surface area contributed by atoms with Gasteiger partial charge in [-0.1, -0.05) is 6.42 Å². The van der Waals surface area contributed by atoms with E-state index in [0.717, 1.165) is 5.92 Å². The van der Waals surface area contributed by atoms with Crippen LogP contribution in [0.25, 0.3) is 0 Å². The van der Waals surface area contributed by atoms with Crippen molar-refractivity contribution in [3.63, 3.8) is 0 Å². The standard InChI is InChI=1S/C9H15N/c1-7-6-8-4-2-3-5-9(8)10-7/h7-8H,2-6H2,1H3/t7-,8-/m0/s1. The maximum atomic E-state index is 4.63. The summed E-state index contributed by atoms with van der Waals surface area (Å²) < 4.78 is 0. The quantitative estimate of drug-likeness (QED) is 0.486. The zero-order valence-corrected chi connectivity index (χ0v) is 6.64. The molecule has 10 heavy (non-hydrogen) atoms. The van der Waals surface area contributed by atoms with E-state index in [0.29, 0.717) is 6.04 Å². The minimum absolute atomic E-state index is 0.637. The molecule has 1 fully saturated rings. The van der Waals surface area contributed by atoms with Crippen LogP contribution in [0.4, 0.5) is 0 Å². The van der Waals surface area contributed by atoms with Crippen LogP contribution in [0.3, 0.4) is 0 Å². The van der Waals surface area contributed by atoms with Gasteiger partial charge >= 0.3 is 0 Å². The number of nitrogens with zero attached hydrogens (tertiary/aromatic N) is 1. The fraction of sp³-hybridized carbons (Fsp3) is 0.889. The van der Waals surface area contributed by atoms with Gasteiger partial charge in [0.15, 0.2) is 0 Å². The lowest BCUT2D eigenvalue weighted by Gasteiger charge is -2.17. The molecule has 0 unspecified atom stereocenters. The Morgan fingerprint density at radius 1 is 1.40 bits per heavy atom. The van der Waals surface area contributed by atoms with Crippen LogP contribution in [0, 0.1) is 5.92 Å². The molecule has 0 bridgehead atoms. The predicted octanol–water partition coefficient (Wildman–Crippen LogP) is 2.41. The summed E-state index contributed by atoms with van der Waals surface area (Å²) in [7, 11) is 0. The third-order valence-corrected chi connectivity index (χ3v) is 2.72. The van der Waals surface area contributed by atoms with Crippen molar-refractivity contribution in [3.05, 3.63) is 0 Å². The summed E-state index contributed by atoms with van der Waals surface area (Å²) in [5.74, 6) is 0.892. The molecule has 0 aromatic rings. The van der Waals surface area contributed by atoms with Crippen LogP contribution in [-0.2, 0) is 0 Å². The van der Waals surface area contributed by atoms with Crippen molar-refractivity contribution < 1.29 is 0 Å². The molecule has 2 rings (SSSR count). The van der Waals surface area contributed by atoms with Crippen molar-refractivity contribution >= 4 is 5.71 Å². The highest BCUT2D eigenvalue weighted by Gasteiger charge is 2.27. The number of fused-ring (bicyclic) bond motifs is 1. The average Bonchev–Trinajstić information content (AvgIpc) is 2.27. The van der Waals surface area contributed by atoms with Crippen LogP contribution >= 0.6 is 0 Å². The van der Waals surface area contributed by atoms with E-state index in [-0.39, 0.29) is 0 Å². The van der Waals surface area contributed by atoms with Crippen LogP contribution in [0.1, 0.15) is 39.0 Å². The van der Waals surface area contributed by atoms with Gasteiger partial charge in [0.25, 0.3) is 0 Å². The molecule has 0 amide bonds. The smallest absolute Gasteiger partial charge is 0.0477 e. The van der Waals surface area contributed by atoms with Crippen molar-refractivity contribution in [2.45, 2.75) is 45.1 Å². The molecule has 2 atom stereocenters. The zero-order valence-electron chi connectivity index (χ0n) is 6.64. The Labute approximate surface area is 62.5 Å². The molecule has 0 aromatic carbocycles. The molecule has 0 radical (unpaired) electrons. The van der Waals surface area contributed by atoms with Crippen molar-refractivity contribution in [2.75, 3.05) is 0 Å². The van der Waals surface area contributed by atoms with Crippen LogP contribution in [-0.4, -0.2) is 11.8 Å². The van der Waals surface area contributed by atoms with E-state index >= 15 is 0 Å². The first kappa shape index (κ1) is 6.38. The van der Waals surface area contributed by atoms with E-state index < -0.39 is 0 Å². The monoisotopic (exact) mass is 137 g/mol. The van der Waals surface area contributed by atoms with Crippen molar-refractivity contribution in [1.82, 2.24) is 0 Å². The highest BCUT2D eigenvalue weighted by Crippen LogP contribution is 2.31. The Morgan fingerprint density at radius 2 is 2.30 bits per heavy atom. The van der Waals surface area contributed by atoms with E-state index in [1.54, 1.807) is 5.71 Å². The van der Waals surface area contributed by atoms with Crippen molar-refractivity contribution in [2.24, 2.45) is 10.9 Å². The maximum absolute atomic E-state index is 4.63. The SMILES string of the molecule is C[C@H]1C[C@@H]2CCCCC2=N1. The Balaban J connectivity index is 2.10. The Hall–Kier alpha value is -0.330. The molecule has 0 saturated heterocycles. The summed E-state index contributed by atoms with van der Waals surface area (Å²) >= 11 is 0. The molecule has 0 N–H and O–H groups in total. The third kappa shape index (κ3) is 0.979. The lowest BCUT2D eigenvalue weighted by molar-refractivity contribution is 0.505. The Morgan fingerprint density at radius 3 is 3.10 bits per heavy atom. The van der Waals surface area contributed by atoms with Crippen LogP contribution in [0.5, 0.6) is 0 Å². The number of hydrogen-bond donors (Lipinski definition) is 0. The van der Waals surface area contributed by atoms with Crippen LogP contribution in [0.2, 0.25) is 0 Å². The summed E-state index contributed by atoms with van der Waals surface area (Å²) in [6.45, 7) is 2.24. The van der Waals surface area contributed by atoms with Gasteiger partial charge in [-0.15, -0.1) is 0 Å². The Bertz CT molecular complexity index is 160. The van der Waals surface area contributed by atoms with Crippen LogP contribution < -0.4 is 0 Å². The Kier molecular flexibility index (Phi) is 1.51. The molecular formula is C9H15N. The lowest BCUT2D eigenvalue weighted by atomic mass is 9.86. The minimum atomic E-state index is 0.637. The number of aliphatic imine (C=N–C) groups is 1. The summed E-state index contributed by atoms with van der Waals surface area (Å²) in [5, 5.41) is 0. The van der Waals surface area contributed by atoms with Crippen molar-refractivity contribution in [3.8, 4) is 0 Å². The van der Waals surface area contributed by atoms with Gasteiger partial charge in [0.05, 0.1) is 0 Å². The molecule has 1 saturated carbocycles. The third-order valence-electron chi connectivity index (χ3n) is 2.72. The molecule has 1 heteroatoms. The van der Waals surface area contributed by atoms with E-state index in [2.05, 4.69) is 11.9 Å². The zero-order chi connectivity index (χ0) is 6.97. The first-order chi connectivity index (χ1) is 4.86. The fourth-order valence-electron chi connectivity index (χ4n) is 2.24. The van der Waals surface area contributed by atoms with Gasteiger partial charge < -0.3 is 0 Å². The second-order valence-electron chi connectivity index (χ2n) is 3.65. The largest absolute Gasteiger partial charge is 0.291 e. The molecule has 0 spiro atoms. The normalized spacial score (nSPS) is 39.1. The summed E-state index contributed by atoms with van der Waals surface area (Å²) in [6, 6.07) is 0.637. The second kappa shape index (κ2) is 2.37. The topological polar surface area (TPSA) is 12.4 Å². The van der Waals surface area contributed by atoms with Gasteiger partial charge in [-0.3, -0.25) is 4.99 Å².